The van der Waals surface area contributed by atoms with E-state index in [0.717, 1.165) is 17.4 Å². The van der Waals surface area contributed by atoms with Gasteiger partial charge in [-0.2, -0.15) is 0 Å². The Morgan fingerprint density at radius 2 is 2.11 bits per heavy atom. The molecule has 1 unspecified atom stereocenters. The minimum atomic E-state index is 0.502. The molecule has 18 heavy (non-hydrogen) atoms. The van der Waals surface area contributed by atoms with E-state index in [2.05, 4.69) is 71.5 Å². The fraction of sp³-hybridized carbons (Fsp3) is 0.333. The van der Waals surface area contributed by atoms with Crippen molar-refractivity contribution in [2.75, 3.05) is 0 Å². The molecule has 1 atom stereocenters. The first kappa shape index (κ1) is 13.8. The number of nitrogens with one attached hydrogen (secondary N) is 1. The van der Waals surface area contributed by atoms with Gasteiger partial charge in [0.2, 0.25) is 0 Å². The van der Waals surface area contributed by atoms with Crippen molar-refractivity contribution in [3.63, 3.8) is 0 Å². The van der Waals surface area contributed by atoms with Crippen LogP contribution in [0.4, 0.5) is 0 Å². The molecular weight excluding hydrogens is 306 g/mol. The standard InChI is InChI=1S/C15H18BrNS/c1-11(8-15-7-6-12(2)18-15)17-10-13-4-3-5-14(16)9-13/h3-7,9,11,17H,8,10H2,1-2H3. The predicted molar refractivity (Wildman–Crippen MR) is 83.2 cm³/mol. The molecule has 0 bridgehead atoms. The summed E-state index contributed by atoms with van der Waals surface area (Å²) in [6, 6.07) is 13.4. The highest BCUT2D eigenvalue weighted by Crippen LogP contribution is 2.17. The normalized spacial score (nSPS) is 12.6. The Morgan fingerprint density at radius 3 is 2.78 bits per heavy atom. The molecule has 0 amide bonds. The Kier molecular flexibility index (Phi) is 4.98. The average molecular weight is 324 g/mol. The molecule has 3 heteroatoms. The molecule has 0 aliphatic rings. The zero-order chi connectivity index (χ0) is 13.0. The molecule has 1 aromatic carbocycles. The summed E-state index contributed by atoms with van der Waals surface area (Å²) in [4.78, 5) is 2.85. The van der Waals surface area contributed by atoms with E-state index in [1.165, 1.54) is 15.3 Å². The molecule has 1 nitrogen and oxygen atoms in total. The van der Waals surface area contributed by atoms with Gasteiger partial charge in [0.1, 0.15) is 0 Å². The van der Waals surface area contributed by atoms with Gasteiger partial charge in [-0.15, -0.1) is 11.3 Å². The third-order valence-corrected chi connectivity index (χ3v) is 4.36. The highest BCUT2D eigenvalue weighted by Gasteiger charge is 2.05. The van der Waals surface area contributed by atoms with Crippen molar-refractivity contribution in [1.29, 1.82) is 0 Å². The zero-order valence-corrected chi connectivity index (χ0v) is 13.1. The van der Waals surface area contributed by atoms with Crippen LogP contribution >= 0.6 is 27.3 Å². The topological polar surface area (TPSA) is 12.0 Å². The first-order valence-electron chi connectivity index (χ1n) is 6.16. The Bertz CT molecular complexity index is 507. The number of halogens is 1. The maximum absolute atomic E-state index is 3.57. The number of thiophene rings is 1. The summed E-state index contributed by atoms with van der Waals surface area (Å²) in [6.07, 6.45) is 1.10. The predicted octanol–water partition coefficient (Wildman–Crippen LogP) is 4.54. The first-order chi connectivity index (χ1) is 8.63. The van der Waals surface area contributed by atoms with Gasteiger partial charge < -0.3 is 5.32 Å². The van der Waals surface area contributed by atoms with Gasteiger partial charge in [0.15, 0.2) is 0 Å². The smallest absolute Gasteiger partial charge is 0.0208 e. The maximum atomic E-state index is 3.57. The molecule has 0 spiro atoms. The van der Waals surface area contributed by atoms with E-state index in [1.807, 2.05) is 11.3 Å². The minimum Gasteiger partial charge on any atom is -0.310 e. The fourth-order valence-electron chi connectivity index (χ4n) is 1.91. The molecule has 0 saturated carbocycles. The molecule has 0 aliphatic carbocycles. The SMILES string of the molecule is Cc1ccc(CC(C)NCc2cccc(Br)c2)s1. The van der Waals surface area contributed by atoms with Crippen LogP contribution in [-0.4, -0.2) is 6.04 Å². The fourth-order valence-corrected chi connectivity index (χ4v) is 3.37. The van der Waals surface area contributed by atoms with Crippen LogP contribution in [0.1, 0.15) is 22.2 Å². The van der Waals surface area contributed by atoms with Crippen LogP contribution in [0.3, 0.4) is 0 Å². The molecule has 96 valence electrons. The highest BCUT2D eigenvalue weighted by molar-refractivity contribution is 9.10. The summed E-state index contributed by atoms with van der Waals surface area (Å²) in [5.41, 5.74) is 1.32. The number of hydrogen-bond acceptors (Lipinski definition) is 2. The van der Waals surface area contributed by atoms with Crippen LogP contribution in [0.5, 0.6) is 0 Å². The summed E-state index contributed by atoms with van der Waals surface area (Å²) < 4.78 is 1.14. The molecule has 1 heterocycles. The minimum absolute atomic E-state index is 0.502. The summed E-state index contributed by atoms with van der Waals surface area (Å²) in [5.74, 6) is 0. The Morgan fingerprint density at radius 1 is 1.28 bits per heavy atom. The van der Waals surface area contributed by atoms with E-state index in [-0.39, 0.29) is 0 Å². The molecule has 2 rings (SSSR count). The third kappa shape index (κ3) is 4.23. The first-order valence-corrected chi connectivity index (χ1v) is 7.77. The molecule has 0 radical (unpaired) electrons. The van der Waals surface area contributed by atoms with Crippen molar-refractivity contribution in [1.82, 2.24) is 5.32 Å². The van der Waals surface area contributed by atoms with Crippen molar-refractivity contribution >= 4 is 27.3 Å². The van der Waals surface area contributed by atoms with Crippen LogP contribution in [0.2, 0.25) is 0 Å². The van der Waals surface area contributed by atoms with Gasteiger partial charge >= 0.3 is 0 Å². The lowest BCUT2D eigenvalue weighted by atomic mass is 10.2. The quantitative estimate of drug-likeness (QED) is 0.851. The van der Waals surface area contributed by atoms with Gasteiger partial charge in [-0.1, -0.05) is 28.1 Å². The van der Waals surface area contributed by atoms with Crippen molar-refractivity contribution in [2.24, 2.45) is 0 Å². The van der Waals surface area contributed by atoms with Crippen LogP contribution in [0.25, 0.3) is 0 Å². The largest absolute Gasteiger partial charge is 0.310 e. The molecule has 2 aromatic rings. The van der Waals surface area contributed by atoms with E-state index < -0.39 is 0 Å². The lowest BCUT2D eigenvalue weighted by molar-refractivity contribution is 0.548. The van der Waals surface area contributed by atoms with Crippen LogP contribution in [0.15, 0.2) is 40.9 Å². The van der Waals surface area contributed by atoms with E-state index in [0.29, 0.717) is 6.04 Å². The maximum Gasteiger partial charge on any atom is 0.0208 e. The number of rotatable bonds is 5. The van der Waals surface area contributed by atoms with E-state index in [1.54, 1.807) is 0 Å². The van der Waals surface area contributed by atoms with E-state index in [9.17, 15) is 0 Å². The number of hydrogen-bond donors (Lipinski definition) is 1. The van der Waals surface area contributed by atoms with Crippen LogP contribution in [-0.2, 0) is 13.0 Å². The lowest BCUT2D eigenvalue weighted by Gasteiger charge is -2.13. The van der Waals surface area contributed by atoms with Gasteiger partial charge in [-0.3, -0.25) is 0 Å². The van der Waals surface area contributed by atoms with Gasteiger partial charge in [0.05, 0.1) is 0 Å². The Labute approximate surface area is 121 Å². The van der Waals surface area contributed by atoms with Crippen LogP contribution < -0.4 is 5.32 Å². The van der Waals surface area contributed by atoms with Gasteiger partial charge in [0.25, 0.3) is 0 Å². The summed E-state index contributed by atoms with van der Waals surface area (Å²) in [6.45, 7) is 5.33. The van der Waals surface area contributed by atoms with Crippen molar-refractivity contribution in [2.45, 2.75) is 32.9 Å². The Balaban J connectivity index is 1.83. The molecule has 1 aromatic heterocycles. The van der Waals surface area contributed by atoms with Gasteiger partial charge in [0, 0.05) is 26.8 Å². The van der Waals surface area contributed by atoms with Gasteiger partial charge in [-0.05, 0) is 50.1 Å². The second-order valence-electron chi connectivity index (χ2n) is 4.63. The van der Waals surface area contributed by atoms with E-state index in [4.69, 9.17) is 0 Å². The van der Waals surface area contributed by atoms with Crippen molar-refractivity contribution < 1.29 is 0 Å². The second kappa shape index (κ2) is 6.50. The monoisotopic (exact) mass is 323 g/mol. The number of benzene rings is 1. The zero-order valence-electron chi connectivity index (χ0n) is 10.7. The third-order valence-electron chi connectivity index (χ3n) is 2.85. The van der Waals surface area contributed by atoms with Gasteiger partial charge in [-0.25, -0.2) is 0 Å². The highest BCUT2D eigenvalue weighted by atomic mass is 79.9. The second-order valence-corrected chi connectivity index (χ2v) is 6.92. The molecule has 1 N–H and O–H groups in total. The van der Waals surface area contributed by atoms with E-state index >= 15 is 0 Å². The van der Waals surface area contributed by atoms with Crippen LogP contribution in [0, 0.1) is 6.92 Å². The summed E-state index contributed by atoms with van der Waals surface area (Å²) >= 11 is 5.39. The molecule has 0 saturated heterocycles. The molecule has 0 aliphatic heterocycles. The molecule has 0 fully saturated rings. The number of aryl methyl sites for hydroxylation is 1. The summed E-state index contributed by atoms with van der Waals surface area (Å²) in [5, 5.41) is 3.57. The molecular formula is C15H18BrNS. The Hall–Kier alpha value is -0.640. The van der Waals surface area contributed by atoms with Crippen molar-refractivity contribution in [3.8, 4) is 0 Å². The average Bonchev–Trinajstić information content (AvgIpc) is 2.72. The van der Waals surface area contributed by atoms with Crippen molar-refractivity contribution in [3.05, 3.63) is 56.2 Å². The lowest BCUT2D eigenvalue weighted by Crippen LogP contribution is -2.27. The summed E-state index contributed by atoms with van der Waals surface area (Å²) in [7, 11) is 0.